The van der Waals surface area contributed by atoms with Gasteiger partial charge in [0.1, 0.15) is 10.8 Å². The predicted octanol–water partition coefficient (Wildman–Crippen LogP) is 6.43. The number of benzene rings is 3. The van der Waals surface area contributed by atoms with Crippen LogP contribution >= 0.6 is 27.3 Å². The first-order chi connectivity index (χ1) is 13.0. The van der Waals surface area contributed by atoms with Gasteiger partial charge in [0.25, 0.3) is 5.91 Å². The normalized spacial score (nSPS) is 10.9. The Kier molecular flexibility index (Phi) is 4.76. The SMILES string of the molecule is Cc1ccc(-c2nc3ccccc3s2)cc1NC(=O)c1ccc(Br)cc1F. The van der Waals surface area contributed by atoms with Crippen molar-refractivity contribution in [2.24, 2.45) is 0 Å². The summed E-state index contributed by atoms with van der Waals surface area (Å²) in [5, 5.41) is 3.69. The lowest BCUT2D eigenvalue weighted by Crippen LogP contribution is -2.14. The van der Waals surface area contributed by atoms with E-state index in [1.165, 1.54) is 12.1 Å². The molecule has 134 valence electrons. The molecule has 0 unspecified atom stereocenters. The summed E-state index contributed by atoms with van der Waals surface area (Å²) in [5.41, 5.74) is 3.39. The van der Waals surface area contributed by atoms with Crippen molar-refractivity contribution in [3.05, 3.63) is 82.1 Å². The van der Waals surface area contributed by atoms with E-state index >= 15 is 0 Å². The maximum absolute atomic E-state index is 14.1. The fourth-order valence-electron chi connectivity index (χ4n) is 2.75. The molecule has 0 atom stereocenters. The first-order valence-electron chi connectivity index (χ1n) is 8.24. The standard InChI is InChI=1S/C21H14BrFN2OS/c1-12-6-7-13(21-25-17-4-2-3-5-19(17)27-21)10-18(12)24-20(26)15-9-8-14(22)11-16(15)23/h2-11H,1H3,(H,24,26). The van der Waals surface area contributed by atoms with Crippen molar-refractivity contribution in [1.29, 1.82) is 0 Å². The molecule has 0 saturated carbocycles. The van der Waals surface area contributed by atoms with Gasteiger partial charge in [-0.2, -0.15) is 0 Å². The molecule has 0 aliphatic carbocycles. The lowest BCUT2D eigenvalue weighted by molar-refractivity contribution is 0.102. The monoisotopic (exact) mass is 440 g/mol. The van der Waals surface area contributed by atoms with Crippen molar-refractivity contribution in [3.8, 4) is 10.6 Å². The molecule has 0 fully saturated rings. The number of fused-ring (bicyclic) bond motifs is 1. The highest BCUT2D eigenvalue weighted by Crippen LogP contribution is 2.32. The van der Waals surface area contributed by atoms with Crippen LogP contribution in [0.15, 0.2) is 65.1 Å². The average molecular weight is 441 g/mol. The molecule has 27 heavy (non-hydrogen) atoms. The second kappa shape index (κ2) is 7.21. The molecule has 0 spiro atoms. The van der Waals surface area contributed by atoms with E-state index in [-0.39, 0.29) is 5.56 Å². The molecule has 0 aliphatic rings. The van der Waals surface area contributed by atoms with Gasteiger partial charge in [-0.1, -0.05) is 40.2 Å². The second-order valence-corrected chi connectivity index (χ2v) is 8.04. The summed E-state index contributed by atoms with van der Waals surface area (Å²) in [5.74, 6) is -1.05. The van der Waals surface area contributed by atoms with Gasteiger partial charge in [-0.25, -0.2) is 9.37 Å². The van der Waals surface area contributed by atoms with Gasteiger partial charge in [0, 0.05) is 15.7 Å². The van der Waals surface area contributed by atoms with Gasteiger partial charge in [0.05, 0.1) is 15.8 Å². The van der Waals surface area contributed by atoms with Crippen LogP contribution in [-0.4, -0.2) is 10.9 Å². The molecule has 4 rings (SSSR count). The number of carbonyl (C=O) groups is 1. The number of rotatable bonds is 3. The van der Waals surface area contributed by atoms with Gasteiger partial charge in [-0.15, -0.1) is 11.3 Å². The highest BCUT2D eigenvalue weighted by atomic mass is 79.9. The highest BCUT2D eigenvalue weighted by molar-refractivity contribution is 9.10. The van der Waals surface area contributed by atoms with E-state index in [1.807, 2.05) is 49.4 Å². The molecule has 0 aliphatic heterocycles. The fourth-order valence-corrected chi connectivity index (χ4v) is 4.04. The van der Waals surface area contributed by atoms with Crippen LogP contribution in [0, 0.1) is 12.7 Å². The topological polar surface area (TPSA) is 42.0 Å². The number of thiazole rings is 1. The molecular formula is C21H14BrFN2OS. The minimum Gasteiger partial charge on any atom is -0.322 e. The van der Waals surface area contributed by atoms with Crippen LogP contribution in [0.3, 0.4) is 0 Å². The molecule has 0 saturated heterocycles. The minimum atomic E-state index is -0.568. The van der Waals surface area contributed by atoms with E-state index in [2.05, 4.69) is 26.2 Å². The van der Waals surface area contributed by atoms with Crippen LogP contribution in [0.5, 0.6) is 0 Å². The van der Waals surface area contributed by atoms with Crippen LogP contribution < -0.4 is 5.32 Å². The Labute approximate surface area is 168 Å². The summed E-state index contributed by atoms with van der Waals surface area (Å²) < 4.78 is 15.8. The van der Waals surface area contributed by atoms with Crippen LogP contribution in [0.25, 0.3) is 20.8 Å². The summed E-state index contributed by atoms with van der Waals surface area (Å²) in [6.07, 6.45) is 0. The number of carbonyl (C=O) groups excluding carboxylic acids is 1. The van der Waals surface area contributed by atoms with Crippen LogP contribution in [0.2, 0.25) is 0 Å². The maximum Gasteiger partial charge on any atom is 0.258 e. The van der Waals surface area contributed by atoms with E-state index < -0.39 is 11.7 Å². The first kappa shape index (κ1) is 17.8. The smallest absolute Gasteiger partial charge is 0.258 e. The fraction of sp³-hybridized carbons (Fsp3) is 0.0476. The van der Waals surface area contributed by atoms with Gasteiger partial charge >= 0.3 is 0 Å². The Balaban J connectivity index is 1.67. The van der Waals surface area contributed by atoms with Crippen molar-refractivity contribution in [1.82, 2.24) is 4.98 Å². The molecule has 3 aromatic carbocycles. The molecule has 3 nitrogen and oxygen atoms in total. The molecule has 4 aromatic rings. The molecule has 1 heterocycles. The van der Waals surface area contributed by atoms with Gasteiger partial charge in [0.2, 0.25) is 0 Å². The molecule has 1 amide bonds. The Hall–Kier alpha value is -2.57. The van der Waals surface area contributed by atoms with Crippen LogP contribution in [0.1, 0.15) is 15.9 Å². The van der Waals surface area contributed by atoms with E-state index in [0.717, 1.165) is 26.4 Å². The summed E-state index contributed by atoms with van der Waals surface area (Å²) >= 11 is 4.79. The number of nitrogens with zero attached hydrogens (tertiary/aromatic N) is 1. The number of aromatic nitrogens is 1. The van der Waals surface area contributed by atoms with Crippen molar-refractivity contribution < 1.29 is 9.18 Å². The van der Waals surface area contributed by atoms with Crippen LogP contribution in [0.4, 0.5) is 10.1 Å². The number of anilines is 1. The third-order valence-electron chi connectivity index (χ3n) is 4.20. The minimum absolute atomic E-state index is 0.00277. The third-order valence-corrected chi connectivity index (χ3v) is 5.78. The molecule has 0 bridgehead atoms. The zero-order valence-corrected chi connectivity index (χ0v) is 16.7. The lowest BCUT2D eigenvalue weighted by Gasteiger charge is -2.10. The molecule has 1 aromatic heterocycles. The number of halogens is 2. The molecular weight excluding hydrogens is 427 g/mol. The van der Waals surface area contributed by atoms with E-state index in [1.54, 1.807) is 17.4 Å². The van der Waals surface area contributed by atoms with E-state index in [4.69, 9.17) is 0 Å². The van der Waals surface area contributed by atoms with Gasteiger partial charge in [-0.3, -0.25) is 4.79 Å². The van der Waals surface area contributed by atoms with Gasteiger partial charge in [0.15, 0.2) is 0 Å². The van der Waals surface area contributed by atoms with Crippen LogP contribution in [-0.2, 0) is 0 Å². The van der Waals surface area contributed by atoms with Crippen molar-refractivity contribution >= 4 is 49.1 Å². The number of hydrogen-bond donors (Lipinski definition) is 1. The molecule has 1 N–H and O–H groups in total. The summed E-state index contributed by atoms with van der Waals surface area (Å²) in [6.45, 7) is 1.90. The number of amides is 1. The van der Waals surface area contributed by atoms with Crippen molar-refractivity contribution in [2.75, 3.05) is 5.32 Å². The number of para-hydroxylation sites is 1. The first-order valence-corrected chi connectivity index (χ1v) is 9.85. The van der Waals surface area contributed by atoms with E-state index in [9.17, 15) is 9.18 Å². The Morgan fingerprint density at radius 3 is 2.70 bits per heavy atom. The Bertz CT molecular complexity index is 1140. The Morgan fingerprint density at radius 2 is 1.93 bits per heavy atom. The van der Waals surface area contributed by atoms with Gasteiger partial charge < -0.3 is 5.32 Å². The summed E-state index contributed by atoms with van der Waals surface area (Å²) in [4.78, 5) is 17.2. The van der Waals surface area contributed by atoms with E-state index in [0.29, 0.717) is 10.2 Å². The highest BCUT2D eigenvalue weighted by Gasteiger charge is 2.14. The zero-order valence-electron chi connectivity index (χ0n) is 14.3. The summed E-state index contributed by atoms with van der Waals surface area (Å²) in [7, 11) is 0. The molecule has 0 radical (unpaired) electrons. The quantitative estimate of drug-likeness (QED) is 0.398. The average Bonchev–Trinajstić information content (AvgIpc) is 3.07. The largest absolute Gasteiger partial charge is 0.322 e. The maximum atomic E-state index is 14.1. The number of nitrogens with one attached hydrogen (secondary N) is 1. The predicted molar refractivity (Wildman–Crippen MR) is 112 cm³/mol. The van der Waals surface area contributed by atoms with Crippen molar-refractivity contribution in [2.45, 2.75) is 6.92 Å². The number of aryl methyl sites for hydroxylation is 1. The molecule has 6 heteroatoms. The Morgan fingerprint density at radius 1 is 1.11 bits per heavy atom. The second-order valence-electron chi connectivity index (χ2n) is 6.09. The lowest BCUT2D eigenvalue weighted by atomic mass is 10.1. The summed E-state index contributed by atoms with van der Waals surface area (Å²) in [6, 6.07) is 18.1. The zero-order chi connectivity index (χ0) is 19.0. The van der Waals surface area contributed by atoms with Crippen molar-refractivity contribution in [3.63, 3.8) is 0 Å². The van der Waals surface area contributed by atoms with Gasteiger partial charge in [-0.05, 0) is 48.9 Å². The third kappa shape index (κ3) is 3.63. The number of hydrogen-bond acceptors (Lipinski definition) is 3.